The third kappa shape index (κ3) is 7.05. The van der Waals surface area contributed by atoms with Gasteiger partial charge in [0.25, 0.3) is 0 Å². The van der Waals surface area contributed by atoms with E-state index in [4.69, 9.17) is 33.2 Å². The van der Waals surface area contributed by atoms with Crippen molar-refractivity contribution < 1.29 is 33.2 Å². The van der Waals surface area contributed by atoms with Crippen molar-refractivity contribution in [3.8, 4) is 0 Å². The van der Waals surface area contributed by atoms with Crippen molar-refractivity contribution in [2.45, 2.75) is 198 Å². The number of ether oxygens (including phenoxy) is 7. The molecule has 0 saturated carbocycles. The molecule has 0 aliphatic carbocycles. The molecule has 8 aliphatic rings. The molecular weight excluding hydrogens is 616 g/mol. The van der Waals surface area contributed by atoms with Crippen LogP contribution < -0.4 is 0 Å². The van der Waals surface area contributed by atoms with Crippen molar-refractivity contribution in [2.24, 2.45) is 29.6 Å². The van der Waals surface area contributed by atoms with Crippen LogP contribution in [0.2, 0.25) is 0 Å². The third-order valence-electron chi connectivity index (χ3n) is 14.0. The van der Waals surface area contributed by atoms with Gasteiger partial charge in [0, 0.05) is 25.2 Å². The average Bonchev–Trinajstić information content (AvgIpc) is 3.74. The van der Waals surface area contributed by atoms with E-state index in [0.717, 1.165) is 70.6 Å². The first-order valence-electron chi connectivity index (χ1n) is 20.1. The highest BCUT2D eigenvalue weighted by atomic mass is 16.8. The molecule has 8 rings (SSSR count). The molecule has 0 amide bonds. The molecule has 7 heteroatoms. The highest BCUT2D eigenvalue weighted by Gasteiger charge is 2.67. The maximum Gasteiger partial charge on any atom is 0.172 e. The summed E-state index contributed by atoms with van der Waals surface area (Å²) in [6.45, 7) is 26.9. The molecule has 276 valence electrons. The molecule has 8 aliphatic heterocycles. The lowest BCUT2D eigenvalue weighted by molar-refractivity contribution is -0.262. The maximum atomic E-state index is 6.90. The molecule has 8 saturated heterocycles. The first-order chi connectivity index (χ1) is 23.5. The Morgan fingerprint density at radius 1 is 0.816 bits per heavy atom. The second kappa shape index (κ2) is 14.8. The molecular formula is C42H66O7. The predicted octanol–water partition coefficient (Wildman–Crippen LogP) is 8.50. The normalized spacial score (nSPS) is 49.5. The average molecular weight is 683 g/mol. The topological polar surface area (TPSA) is 64.6 Å². The quantitative estimate of drug-likeness (QED) is 0.170. The van der Waals surface area contributed by atoms with E-state index in [-0.39, 0.29) is 73.1 Å². The standard InChI is InChI=1S/C42H66O7/c1-10-13-33-28(9)38-40-41(46-33)39-37(47-40)22-42(48-38,49-39)17-16-30-20-25(6)32(43-30)15-14-29-19-24(5)26(7)35(44-29)21-36-31(12-3)27(8)34(45-36)18-23(4)11-2/h10,23-24,27-41H,1,6-7,11-22H2,2-5,8-9H3/t23-,24-,27-,28+,29+,30+,31-,32?,33+,34-,35-,36?,37-,38?,39?,40+,41+,42-/m1/s1. The predicted molar refractivity (Wildman–Crippen MR) is 191 cm³/mol. The highest BCUT2D eigenvalue weighted by molar-refractivity contribution is 5.14. The van der Waals surface area contributed by atoms with E-state index < -0.39 is 5.79 Å². The van der Waals surface area contributed by atoms with Crippen molar-refractivity contribution in [1.29, 1.82) is 0 Å². The highest BCUT2D eigenvalue weighted by Crippen LogP contribution is 2.54. The Bertz CT molecular complexity index is 1200. The van der Waals surface area contributed by atoms with Crippen LogP contribution in [0.5, 0.6) is 0 Å². The van der Waals surface area contributed by atoms with Crippen molar-refractivity contribution in [2.75, 3.05) is 0 Å². The Morgan fingerprint density at radius 2 is 1.57 bits per heavy atom. The van der Waals surface area contributed by atoms with Crippen LogP contribution in [0.15, 0.2) is 37.0 Å². The zero-order valence-corrected chi connectivity index (χ0v) is 31.4. The van der Waals surface area contributed by atoms with Gasteiger partial charge in [-0.2, -0.15) is 0 Å². The van der Waals surface area contributed by atoms with Crippen LogP contribution in [0.25, 0.3) is 0 Å². The van der Waals surface area contributed by atoms with Crippen LogP contribution in [-0.2, 0) is 33.2 Å². The Kier molecular flexibility index (Phi) is 10.9. The van der Waals surface area contributed by atoms with Crippen LogP contribution in [0.3, 0.4) is 0 Å². The lowest BCUT2D eigenvalue weighted by Crippen LogP contribution is -2.54. The largest absolute Gasteiger partial charge is 0.374 e. The molecule has 49 heavy (non-hydrogen) atoms. The van der Waals surface area contributed by atoms with Gasteiger partial charge in [-0.15, -0.1) is 6.58 Å². The Morgan fingerprint density at radius 3 is 2.33 bits per heavy atom. The van der Waals surface area contributed by atoms with Crippen molar-refractivity contribution >= 4 is 0 Å². The van der Waals surface area contributed by atoms with Gasteiger partial charge in [0.2, 0.25) is 0 Å². The zero-order chi connectivity index (χ0) is 34.6. The van der Waals surface area contributed by atoms with Crippen molar-refractivity contribution in [3.63, 3.8) is 0 Å². The SMILES string of the molecule is C=CC[C@@H]1O[C@H]2C3O[C@]4(CC[C@H]5CC(=C)C(CC[C@H]6C[C@@H](C)C(=C)[C@@H](CC7O[C@H](C[C@H](C)CC)[C@H](C)[C@H]7CC)O6)O5)C[C@H]3O[C@H]2C(O4)[C@H]1C. The molecule has 0 N–H and O–H groups in total. The van der Waals surface area contributed by atoms with Gasteiger partial charge in [-0.1, -0.05) is 73.6 Å². The fraction of sp³-hybridized carbons (Fsp3) is 0.857. The summed E-state index contributed by atoms with van der Waals surface area (Å²) in [5, 5.41) is 0. The molecule has 0 spiro atoms. The van der Waals surface area contributed by atoms with Crippen LogP contribution in [0, 0.1) is 29.6 Å². The smallest absolute Gasteiger partial charge is 0.172 e. The van der Waals surface area contributed by atoms with Crippen molar-refractivity contribution in [1.82, 2.24) is 0 Å². The second-order valence-electron chi connectivity index (χ2n) is 17.3. The Labute approximate surface area is 296 Å². The van der Waals surface area contributed by atoms with E-state index >= 15 is 0 Å². The lowest BCUT2D eigenvalue weighted by atomic mass is 9.80. The molecule has 8 fully saturated rings. The fourth-order valence-corrected chi connectivity index (χ4v) is 10.6. The molecule has 6 bridgehead atoms. The maximum absolute atomic E-state index is 6.90. The van der Waals surface area contributed by atoms with E-state index in [9.17, 15) is 0 Å². The Hall–Kier alpha value is -1.06. The molecule has 8 heterocycles. The van der Waals surface area contributed by atoms with Gasteiger partial charge < -0.3 is 33.2 Å². The van der Waals surface area contributed by atoms with Crippen LogP contribution in [0.4, 0.5) is 0 Å². The van der Waals surface area contributed by atoms with Crippen molar-refractivity contribution in [3.05, 3.63) is 37.0 Å². The number of hydrogen-bond acceptors (Lipinski definition) is 7. The minimum Gasteiger partial charge on any atom is -0.374 e. The summed E-state index contributed by atoms with van der Waals surface area (Å²) in [6.07, 6.45) is 14.6. The first-order valence-corrected chi connectivity index (χ1v) is 20.1. The van der Waals surface area contributed by atoms with Gasteiger partial charge in [0.15, 0.2) is 5.79 Å². The van der Waals surface area contributed by atoms with E-state index in [0.29, 0.717) is 29.8 Å². The summed E-state index contributed by atoms with van der Waals surface area (Å²) in [6, 6.07) is 0. The monoisotopic (exact) mass is 682 g/mol. The molecule has 0 radical (unpaired) electrons. The fourth-order valence-electron chi connectivity index (χ4n) is 10.6. The molecule has 4 unspecified atom stereocenters. The van der Waals surface area contributed by atoms with Crippen LogP contribution >= 0.6 is 0 Å². The molecule has 18 atom stereocenters. The van der Waals surface area contributed by atoms with Gasteiger partial charge in [-0.05, 0) is 79.8 Å². The summed E-state index contributed by atoms with van der Waals surface area (Å²) < 4.78 is 46.9. The molecule has 0 aromatic rings. The summed E-state index contributed by atoms with van der Waals surface area (Å²) in [5.74, 6) is 1.92. The van der Waals surface area contributed by atoms with Gasteiger partial charge in [0.1, 0.15) is 18.3 Å². The first kappa shape index (κ1) is 36.3. The Balaban J connectivity index is 0.908. The van der Waals surface area contributed by atoms with E-state index in [1.807, 2.05) is 6.08 Å². The molecule has 7 nitrogen and oxygen atoms in total. The van der Waals surface area contributed by atoms with Gasteiger partial charge in [-0.25, -0.2) is 0 Å². The lowest BCUT2D eigenvalue weighted by Gasteiger charge is -2.42. The van der Waals surface area contributed by atoms with E-state index in [1.54, 1.807) is 0 Å². The second-order valence-corrected chi connectivity index (χ2v) is 17.3. The molecule has 0 aromatic carbocycles. The van der Waals surface area contributed by atoms with E-state index in [2.05, 4.69) is 61.3 Å². The third-order valence-corrected chi connectivity index (χ3v) is 14.0. The zero-order valence-electron chi connectivity index (χ0n) is 31.4. The van der Waals surface area contributed by atoms with Crippen LogP contribution in [0.1, 0.15) is 119 Å². The van der Waals surface area contributed by atoms with Gasteiger partial charge >= 0.3 is 0 Å². The molecule has 0 aromatic heterocycles. The van der Waals surface area contributed by atoms with Crippen LogP contribution in [-0.4, -0.2) is 79.0 Å². The van der Waals surface area contributed by atoms with Gasteiger partial charge in [0.05, 0.1) is 54.9 Å². The minimum absolute atomic E-state index is 0.0196. The minimum atomic E-state index is -0.623. The summed E-state index contributed by atoms with van der Waals surface area (Å²) in [5.41, 5.74) is 2.45. The summed E-state index contributed by atoms with van der Waals surface area (Å²) >= 11 is 0. The number of rotatable bonds is 14. The van der Waals surface area contributed by atoms with E-state index in [1.165, 1.54) is 17.6 Å². The van der Waals surface area contributed by atoms with Gasteiger partial charge in [-0.3, -0.25) is 0 Å². The number of hydrogen-bond donors (Lipinski definition) is 0. The summed E-state index contributed by atoms with van der Waals surface area (Å²) in [7, 11) is 0. The summed E-state index contributed by atoms with van der Waals surface area (Å²) in [4.78, 5) is 0.